The van der Waals surface area contributed by atoms with Gasteiger partial charge in [-0.1, -0.05) is 0 Å². The normalized spacial score (nSPS) is 15.9. The number of carboxylic acid groups (broad SMARTS) is 1. The first kappa shape index (κ1) is 12.2. The van der Waals surface area contributed by atoms with E-state index < -0.39 is 5.97 Å². The Bertz CT molecular complexity index is 503. The summed E-state index contributed by atoms with van der Waals surface area (Å²) >= 11 is 0. The Morgan fingerprint density at radius 3 is 2.78 bits per heavy atom. The number of pyridine rings is 1. The Kier molecular flexibility index (Phi) is 3.05. The lowest BCUT2D eigenvalue weighted by molar-refractivity contribution is -0.129. The summed E-state index contributed by atoms with van der Waals surface area (Å²) in [7, 11) is 1.73. The number of aromatic carboxylic acids is 1. The predicted molar refractivity (Wildman–Crippen MR) is 65.5 cm³/mol. The first-order chi connectivity index (χ1) is 8.49. The van der Waals surface area contributed by atoms with Gasteiger partial charge in [0.15, 0.2) is 11.5 Å². The van der Waals surface area contributed by atoms with E-state index in [0.29, 0.717) is 24.6 Å². The van der Waals surface area contributed by atoms with Gasteiger partial charge in [-0.3, -0.25) is 4.79 Å². The summed E-state index contributed by atoms with van der Waals surface area (Å²) in [5, 5.41) is 8.90. The fourth-order valence-electron chi connectivity index (χ4n) is 1.77. The largest absolute Gasteiger partial charge is 0.477 e. The molecule has 0 saturated carbocycles. The van der Waals surface area contributed by atoms with E-state index in [1.807, 2.05) is 0 Å². The van der Waals surface area contributed by atoms with Crippen LogP contribution in [0, 0.1) is 0 Å². The van der Waals surface area contributed by atoms with Crippen molar-refractivity contribution in [2.24, 2.45) is 0 Å². The zero-order chi connectivity index (χ0) is 13.3. The zero-order valence-corrected chi connectivity index (χ0v) is 9.96. The van der Waals surface area contributed by atoms with Crippen LogP contribution in [0.1, 0.15) is 10.5 Å². The number of nitrogens with two attached hydrogens (primary N) is 1. The van der Waals surface area contributed by atoms with Crippen LogP contribution in [0.25, 0.3) is 0 Å². The monoisotopic (exact) mass is 250 g/mol. The first-order valence-corrected chi connectivity index (χ1v) is 5.48. The summed E-state index contributed by atoms with van der Waals surface area (Å²) < 4.78 is 0. The van der Waals surface area contributed by atoms with E-state index in [2.05, 4.69) is 4.98 Å². The predicted octanol–water partition coefficient (Wildman–Crippen LogP) is -0.360. The number of hydrogen-bond acceptors (Lipinski definition) is 5. The number of carboxylic acids is 1. The number of amides is 1. The van der Waals surface area contributed by atoms with Crippen molar-refractivity contribution in [3.8, 4) is 0 Å². The summed E-state index contributed by atoms with van der Waals surface area (Å²) in [6.07, 6.45) is 0. The highest BCUT2D eigenvalue weighted by Crippen LogP contribution is 2.22. The molecule has 0 unspecified atom stereocenters. The molecule has 0 radical (unpaired) electrons. The lowest BCUT2D eigenvalue weighted by Crippen LogP contribution is -2.49. The third-order valence-electron chi connectivity index (χ3n) is 2.88. The van der Waals surface area contributed by atoms with Crippen molar-refractivity contribution < 1.29 is 14.7 Å². The summed E-state index contributed by atoms with van der Waals surface area (Å²) in [5.41, 5.74) is 6.07. The van der Waals surface area contributed by atoms with Gasteiger partial charge in [0.25, 0.3) is 0 Å². The van der Waals surface area contributed by atoms with Gasteiger partial charge in [-0.05, 0) is 12.1 Å². The molecule has 1 aromatic rings. The van der Waals surface area contributed by atoms with Crippen molar-refractivity contribution in [1.29, 1.82) is 0 Å². The average molecular weight is 250 g/mol. The minimum Gasteiger partial charge on any atom is -0.477 e. The molecule has 0 spiro atoms. The third-order valence-corrected chi connectivity index (χ3v) is 2.88. The zero-order valence-electron chi connectivity index (χ0n) is 9.96. The Labute approximate surface area is 104 Å². The number of likely N-dealkylation sites (N-methyl/N-ethyl adjacent to an activating group) is 1. The van der Waals surface area contributed by atoms with Crippen LogP contribution < -0.4 is 10.6 Å². The molecule has 96 valence electrons. The Balaban J connectivity index is 2.30. The summed E-state index contributed by atoms with van der Waals surface area (Å²) in [6, 6.07) is 2.84. The molecule has 0 aliphatic carbocycles. The second-order valence-electron chi connectivity index (χ2n) is 4.15. The lowest BCUT2D eigenvalue weighted by atomic mass is 10.2. The Morgan fingerprint density at radius 1 is 1.44 bits per heavy atom. The summed E-state index contributed by atoms with van der Waals surface area (Å²) in [5.74, 6) is -0.795. The van der Waals surface area contributed by atoms with Gasteiger partial charge in [0.2, 0.25) is 5.91 Å². The van der Waals surface area contributed by atoms with E-state index in [1.165, 1.54) is 12.1 Å². The lowest BCUT2D eigenvalue weighted by Gasteiger charge is -2.33. The number of nitrogens with zero attached hydrogens (tertiary/aromatic N) is 3. The van der Waals surface area contributed by atoms with E-state index in [1.54, 1.807) is 16.8 Å². The molecule has 2 heterocycles. The van der Waals surface area contributed by atoms with Crippen molar-refractivity contribution >= 4 is 23.4 Å². The fourth-order valence-corrected chi connectivity index (χ4v) is 1.77. The van der Waals surface area contributed by atoms with Crippen LogP contribution in [0.3, 0.4) is 0 Å². The van der Waals surface area contributed by atoms with E-state index in [9.17, 15) is 9.59 Å². The van der Waals surface area contributed by atoms with E-state index in [0.717, 1.165) is 0 Å². The Morgan fingerprint density at radius 2 is 2.17 bits per heavy atom. The van der Waals surface area contributed by atoms with Crippen molar-refractivity contribution in [3.63, 3.8) is 0 Å². The second-order valence-corrected chi connectivity index (χ2v) is 4.15. The summed E-state index contributed by atoms with van der Waals surface area (Å²) in [6.45, 7) is 1.32. The van der Waals surface area contributed by atoms with E-state index >= 15 is 0 Å². The third kappa shape index (κ3) is 2.20. The summed E-state index contributed by atoms with van der Waals surface area (Å²) in [4.78, 5) is 29.8. The molecular formula is C11H14N4O3. The minimum absolute atomic E-state index is 0.0387. The molecule has 18 heavy (non-hydrogen) atoms. The van der Waals surface area contributed by atoms with E-state index in [4.69, 9.17) is 10.8 Å². The van der Waals surface area contributed by atoms with Crippen molar-refractivity contribution in [2.75, 3.05) is 37.3 Å². The molecule has 3 N–H and O–H groups in total. The average Bonchev–Trinajstić information content (AvgIpc) is 2.33. The molecule has 1 aliphatic heterocycles. The number of nitrogen functional groups attached to an aromatic ring is 1. The SMILES string of the molecule is CN1CCN(c2nc(C(=O)O)ccc2N)CC1=O. The molecule has 1 aromatic heterocycles. The smallest absolute Gasteiger partial charge is 0.354 e. The van der Waals surface area contributed by atoms with Crippen molar-refractivity contribution in [2.45, 2.75) is 0 Å². The van der Waals surface area contributed by atoms with Crippen LogP contribution in [-0.4, -0.2) is 53.5 Å². The van der Waals surface area contributed by atoms with Gasteiger partial charge in [0.1, 0.15) is 0 Å². The maximum atomic E-state index is 11.6. The molecule has 2 rings (SSSR count). The van der Waals surface area contributed by atoms with Crippen LogP contribution in [-0.2, 0) is 4.79 Å². The molecule has 7 nitrogen and oxygen atoms in total. The van der Waals surface area contributed by atoms with Gasteiger partial charge >= 0.3 is 5.97 Å². The van der Waals surface area contributed by atoms with Gasteiger partial charge < -0.3 is 20.6 Å². The minimum atomic E-state index is -1.11. The number of aromatic nitrogens is 1. The van der Waals surface area contributed by atoms with Gasteiger partial charge in [-0.15, -0.1) is 0 Å². The fraction of sp³-hybridized carbons (Fsp3) is 0.364. The van der Waals surface area contributed by atoms with E-state index in [-0.39, 0.29) is 18.1 Å². The van der Waals surface area contributed by atoms with Crippen LogP contribution in [0.2, 0.25) is 0 Å². The van der Waals surface area contributed by atoms with Gasteiger partial charge in [-0.2, -0.15) is 0 Å². The topological polar surface area (TPSA) is 99.8 Å². The second kappa shape index (κ2) is 4.52. The van der Waals surface area contributed by atoms with Crippen molar-refractivity contribution in [3.05, 3.63) is 17.8 Å². The number of rotatable bonds is 2. The molecular weight excluding hydrogens is 236 g/mol. The Hall–Kier alpha value is -2.31. The van der Waals surface area contributed by atoms with Gasteiger partial charge in [-0.25, -0.2) is 9.78 Å². The maximum absolute atomic E-state index is 11.6. The molecule has 1 aliphatic rings. The highest BCUT2D eigenvalue weighted by atomic mass is 16.4. The number of piperazine rings is 1. The molecule has 7 heteroatoms. The molecule has 1 fully saturated rings. The molecule has 0 aromatic carbocycles. The quantitative estimate of drug-likeness (QED) is 0.743. The van der Waals surface area contributed by atoms with Crippen LogP contribution in [0.5, 0.6) is 0 Å². The molecule has 1 saturated heterocycles. The first-order valence-electron chi connectivity index (χ1n) is 5.48. The molecule has 1 amide bonds. The number of anilines is 2. The van der Waals surface area contributed by atoms with Crippen LogP contribution >= 0.6 is 0 Å². The number of carbonyl (C=O) groups excluding carboxylic acids is 1. The maximum Gasteiger partial charge on any atom is 0.354 e. The van der Waals surface area contributed by atoms with Gasteiger partial charge in [0, 0.05) is 20.1 Å². The number of hydrogen-bond donors (Lipinski definition) is 2. The highest BCUT2D eigenvalue weighted by molar-refractivity contribution is 5.88. The highest BCUT2D eigenvalue weighted by Gasteiger charge is 2.24. The standard InChI is InChI=1S/C11H14N4O3/c1-14-4-5-15(6-9(14)16)10-7(12)2-3-8(13-10)11(17)18/h2-3H,4-6,12H2,1H3,(H,17,18). The van der Waals surface area contributed by atoms with Gasteiger partial charge in [0.05, 0.1) is 12.2 Å². The number of carbonyl (C=O) groups is 2. The van der Waals surface area contributed by atoms with Crippen LogP contribution in [0.15, 0.2) is 12.1 Å². The van der Waals surface area contributed by atoms with Crippen molar-refractivity contribution in [1.82, 2.24) is 9.88 Å². The molecule has 0 atom stereocenters. The molecule has 0 bridgehead atoms. The van der Waals surface area contributed by atoms with Crippen LogP contribution in [0.4, 0.5) is 11.5 Å².